The Morgan fingerprint density at radius 2 is 0.818 bits per heavy atom. The van der Waals surface area contributed by atoms with Crippen LogP contribution < -0.4 is 39.0 Å². The summed E-state index contributed by atoms with van der Waals surface area (Å²) in [6.07, 6.45) is 3.81. The van der Waals surface area contributed by atoms with Crippen molar-refractivity contribution in [2.45, 2.75) is 91.3 Å². The third-order valence-electron chi connectivity index (χ3n) is 9.65. The monoisotopic (exact) mass is 780 g/mol. The van der Waals surface area contributed by atoms with E-state index in [2.05, 4.69) is 0 Å². The molecule has 0 aliphatic heterocycles. The first kappa shape index (κ1) is 47.0. The quantitative estimate of drug-likeness (QED) is 0.239. The molecule has 2 aliphatic rings. The van der Waals surface area contributed by atoms with Crippen molar-refractivity contribution >= 4 is 58.6 Å². The Morgan fingerprint density at radius 1 is 0.545 bits per heavy atom. The number of anilines is 2. The molecular formula is C40H56MgN2O12. The second-order valence-electron chi connectivity index (χ2n) is 14.3. The maximum atomic E-state index is 12.7. The third kappa shape index (κ3) is 14.8. The molecule has 2 aromatic carbocycles. The first-order valence-corrected chi connectivity index (χ1v) is 18.5. The van der Waals surface area contributed by atoms with Gasteiger partial charge in [-0.05, 0) is 103 Å². The van der Waals surface area contributed by atoms with Crippen LogP contribution in [0, 0.1) is 23.7 Å². The smallest absolute Gasteiger partial charge is 0.550 e. The van der Waals surface area contributed by atoms with Crippen LogP contribution in [0.5, 0.6) is 23.0 Å². The topological polar surface area (TPSA) is 176 Å². The second-order valence-corrected chi connectivity index (χ2v) is 14.3. The fourth-order valence-electron chi connectivity index (χ4n) is 6.68. The Kier molecular flexibility index (Phi) is 19.7. The van der Waals surface area contributed by atoms with Gasteiger partial charge in [0, 0.05) is 61.4 Å². The van der Waals surface area contributed by atoms with Crippen LogP contribution in [0.3, 0.4) is 0 Å². The van der Waals surface area contributed by atoms with Crippen LogP contribution in [0.2, 0.25) is 0 Å². The summed E-state index contributed by atoms with van der Waals surface area (Å²) in [5, 5.41) is 22.1. The fraction of sp³-hybridized carbons (Fsp3) is 0.600. The minimum absolute atomic E-state index is 0. The fourth-order valence-corrected chi connectivity index (χ4v) is 6.68. The molecule has 0 radical (unpaired) electrons. The molecule has 2 aromatic rings. The SMILES string of the molecule is COc1cc(OC)cc(N(C[C@H]2CC[C@H](C(=O)[O-])CC2)C(=O)OC(C)C)c1.COc1cc(OC)cc(N(C[C@H]2CC[C@H](C(=O)[O-])CC2)C(=O)OC(C)C)c1.[Mg+2]. The summed E-state index contributed by atoms with van der Waals surface area (Å²) in [5.41, 5.74) is 1.25. The van der Waals surface area contributed by atoms with Crippen molar-refractivity contribution in [3.05, 3.63) is 36.4 Å². The van der Waals surface area contributed by atoms with Gasteiger partial charge in [0.1, 0.15) is 23.0 Å². The number of carbonyl (C=O) groups is 4. The summed E-state index contributed by atoms with van der Waals surface area (Å²) < 4.78 is 32.1. The van der Waals surface area contributed by atoms with Crippen molar-refractivity contribution in [1.82, 2.24) is 0 Å². The molecule has 2 saturated carbocycles. The first-order valence-electron chi connectivity index (χ1n) is 18.5. The molecule has 0 heterocycles. The normalized spacial score (nSPS) is 19.1. The number of carboxylic acid groups (broad SMARTS) is 2. The molecule has 0 bridgehead atoms. The Hall–Kier alpha value is -4.11. The van der Waals surface area contributed by atoms with Gasteiger partial charge >= 0.3 is 35.2 Å². The summed E-state index contributed by atoms with van der Waals surface area (Å²) in [4.78, 5) is 50.7. The van der Waals surface area contributed by atoms with Gasteiger partial charge in [0.25, 0.3) is 0 Å². The van der Waals surface area contributed by atoms with Crippen LogP contribution in [0.25, 0.3) is 0 Å². The number of ether oxygens (including phenoxy) is 6. The van der Waals surface area contributed by atoms with Gasteiger partial charge in [-0.25, -0.2) is 9.59 Å². The van der Waals surface area contributed by atoms with Crippen molar-refractivity contribution in [3.8, 4) is 23.0 Å². The molecule has 15 heteroatoms. The molecule has 2 aliphatic carbocycles. The van der Waals surface area contributed by atoms with Gasteiger partial charge in [0.05, 0.1) is 52.0 Å². The van der Waals surface area contributed by atoms with E-state index in [-0.39, 0.29) is 47.1 Å². The summed E-state index contributed by atoms with van der Waals surface area (Å²) >= 11 is 0. The number of benzene rings is 2. The molecule has 4 rings (SSSR count). The van der Waals surface area contributed by atoms with E-state index in [4.69, 9.17) is 28.4 Å². The molecule has 14 nitrogen and oxygen atoms in total. The Balaban J connectivity index is 0.000000373. The maximum Gasteiger partial charge on any atom is 2.00 e. The number of carbonyl (C=O) groups excluding carboxylic acids is 4. The largest absolute Gasteiger partial charge is 2.00 e. The van der Waals surface area contributed by atoms with E-state index in [9.17, 15) is 29.4 Å². The first-order chi connectivity index (χ1) is 25.7. The van der Waals surface area contributed by atoms with Crippen LogP contribution in [0.1, 0.15) is 79.1 Å². The van der Waals surface area contributed by atoms with Gasteiger partial charge in [-0.15, -0.1) is 0 Å². The zero-order valence-corrected chi connectivity index (χ0v) is 34.9. The van der Waals surface area contributed by atoms with Gasteiger partial charge in [-0.1, -0.05) is 0 Å². The molecule has 0 aromatic heterocycles. The predicted molar refractivity (Wildman–Crippen MR) is 204 cm³/mol. The van der Waals surface area contributed by atoms with Crippen molar-refractivity contribution < 1.29 is 57.8 Å². The van der Waals surface area contributed by atoms with Crippen LogP contribution in [0.15, 0.2) is 36.4 Å². The zero-order chi connectivity index (χ0) is 39.9. The maximum absolute atomic E-state index is 12.7. The molecule has 0 atom stereocenters. The number of hydrogen-bond acceptors (Lipinski definition) is 12. The molecule has 300 valence electrons. The predicted octanol–water partition coefficient (Wildman–Crippen LogP) is 4.84. The average Bonchev–Trinajstić information content (AvgIpc) is 3.15. The van der Waals surface area contributed by atoms with E-state index < -0.39 is 36.0 Å². The Bertz CT molecular complexity index is 1380. The molecule has 0 spiro atoms. The molecule has 0 saturated heterocycles. The summed E-state index contributed by atoms with van der Waals surface area (Å²) in [6, 6.07) is 10.5. The number of hydrogen-bond donors (Lipinski definition) is 0. The zero-order valence-electron chi connectivity index (χ0n) is 33.5. The molecule has 0 unspecified atom stereocenters. The van der Waals surface area contributed by atoms with Crippen molar-refractivity contribution in [2.24, 2.45) is 23.7 Å². The van der Waals surface area contributed by atoms with Crippen molar-refractivity contribution in [1.29, 1.82) is 0 Å². The number of aliphatic carboxylic acids is 2. The van der Waals surface area contributed by atoms with Crippen molar-refractivity contribution in [2.75, 3.05) is 51.3 Å². The minimum atomic E-state index is -0.984. The Labute approximate surface area is 340 Å². The summed E-state index contributed by atoms with van der Waals surface area (Å²) in [5.74, 6) is -0.0676. The van der Waals surface area contributed by atoms with E-state index in [1.807, 2.05) is 0 Å². The summed E-state index contributed by atoms with van der Waals surface area (Å²) in [6.45, 7) is 8.09. The second kappa shape index (κ2) is 23.1. The molecule has 2 amide bonds. The van der Waals surface area contributed by atoms with E-state index in [1.165, 1.54) is 0 Å². The Morgan fingerprint density at radius 3 is 1.04 bits per heavy atom. The molecule has 0 N–H and O–H groups in total. The van der Waals surface area contributed by atoms with Crippen LogP contribution in [0.4, 0.5) is 21.0 Å². The van der Waals surface area contributed by atoms with Crippen LogP contribution in [-0.4, -0.2) is 101 Å². The average molecular weight is 781 g/mol. The number of carboxylic acids is 2. The van der Waals surface area contributed by atoms with Gasteiger partial charge in [-0.3, -0.25) is 9.80 Å². The van der Waals surface area contributed by atoms with E-state index in [1.54, 1.807) is 102 Å². The van der Waals surface area contributed by atoms with Crippen molar-refractivity contribution in [3.63, 3.8) is 0 Å². The van der Waals surface area contributed by atoms with Crippen LogP contribution in [-0.2, 0) is 19.1 Å². The number of rotatable bonds is 14. The number of amides is 2. The van der Waals surface area contributed by atoms with E-state index >= 15 is 0 Å². The number of nitrogens with zero attached hydrogens (tertiary/aromatic N) is 2. The third-order valence-corrected chi connectivity index (χ3v) is 9.65. The van der Waals surface area contributed by atoms with Gasteiger partial charge in [-0.2, -0.15) is 0 Å². The molecule has 2 fully saturated rings. The van der Waals surface area contributed by atoms with E-state index in [0.717, 1.165) is 25.7 Å². The van der Waals surface area contributed by atoms with Gasteiger partial charge in [0.2, 0.25) is 0 Å². The van der Waals surface area contributed by atoms with E-state index in [0.29, 0.717) is 73.1 Å². The number of methoxy groups -OCH3 is 4. The van der Waals surface area contributed by atoms with Gasteiger partial charge in [0.15, 0.2) is 0 Å². The van der Waals surface area contributed by atoms with Gasteiger partial charge < -0.3 is 48.2 Å². The minimum Gasteiger partial charge on any atom is -0.550 e. The summed E-state index contributed by atoms with van der Waals surface area (Å²) in [7, 11) is 6.21. The standard InChI is InChI=1S/2C20H29NO6.Mg/c2*1-13(2)27-20(24)21(12-14-5-7-15(8-6-14)19(22)23)16-9-17(25-3)11-18(10-16)26-4;/h2*9-11,13-15H,5-8,12H2,1-4H3,(H,22,23);/q;;+2/p-2/t2*14-,15-;. The molecular weight excluding hydrogens is 725 g/mol. The molecule has 55 heavy (non-hydrogen) atoms. The van der Waals surface area contributed by atoms with Crippen LogP contribution >= 0.6 is 0 Å².